The molecule has 0 fully saturated rings. The molecule has 27 heavy (non-hydrogen) atoms. The Kier molecular flexibility index (Phi) is 4.07. The number of nitrogens with zero attached hydrogens (tertiary/aromatic N) is 1. The highest BCUT2D eigenvalue weighted by atomic mass is 32.1. The summed E-state index contributed by atoms with van der Waals surface area (Å²) in [6.45, 7) is 1.52. The number of aryl methyl sites for hydroxylation is 1. The van der Waals surface area contributed by atoms with Crippen LogP contribution in [0.4, 0.5) is 23.9 Å². The number of nitrogens with one attached hydrogen (secondary N) is 1. The van der Waals surface area contributed by atoms with Crippen LogP contribution in [0, 0.1) is 6.92 Å². The van der Waals surface area contributed by atoms with Crippen molar-refractivity contribution in [2.45, 2.75) is 13.1 Å². The Morgan fingerprint density at radius 2 is 1.85 bits per heavy atom. The molecular formula is C19H14F3N3OS. The number of halogens is 3. The summed E-state index contributed by atoms with van der Waals surface area (Å²) in [7, 11) is 0. The van der Waals surface area contributed by atoms with Crippen LogP contribution in [-0.2, 0) is 6.18 Å². The molecule has 2 aromatic heterocycles. The second kappa shape index (κ2) is 6.31. The second-order valence-electron chi connectivity index (χ2n) is 6.02. The minimum absolute atomic E-state index is 0.0324. The topological polar surface area (TPSA) is 60.2 Å². The number of aromatic nitrogens is 1. The highest BCUT2D eigenvalue weighted by molar-refractivity contribution is 7.23. The molecule has 2 heterocycles. The number of rotatable bonds is 3. The molecule has 0 saturated heterocycles. The first-order valence-electron chi connectivity index (χ1n) is 8.02. The highest BCUT2D eigenvalue weighted by Gasteiger charge is 2.35. The lowest BCUT2D eigenvalue weighted by molar-refractivity contribution is -0.136. The van der Waals surface area contributed by atoms with E-state index in [0.29, 0.717) is 5.75 Å². The molecule has 8 heteroatoms. The van der Waals surface area contributed by atoms with Crippen LogP contribution in [-0.4, -0.2) is 4.98 Å². The molecule has 0 radical (unpaired) electrons. The van der Waals surface area contributed by atoms with Crippen molar-refractivity contribution in [3.8, 4) is 5.75 Å². The Bertz CT molecular complexity index is 1150. The van der Waals surface area contributed by atoms with Gasteiger partial charge in [0.05, 0.1) is 11.3 Å². The molecule has 2 aromatic carbocycles. The molecule has 4 rings (SSSR count). The number of hydrogen-bond donors (Lipinski definition) is 2. The van der Waals surface area contributed by atoms with E-state index in [1.807, 2.05) is 36.4 Å². The van der Waals surface area contributed by atoms with E-state index < -0.39 is 11.7 Å². The Morgan fingerprint density at radius 3 is 2.63 bits per heavy atom. The van der Waals surface area contributed by atoms with Crippen molar-refractivity contribution in [3.63, 3.8) is 0 Å². The lowest BCUT2D eigenvalue weighted by Gasteiger charge is -2.11. The lowest BCUT2D eigenvalue weighted by Crippen LogP contribution is -2.08. The van der Waals surface area contributed by atoms with Gasteiger partial charge in [0.25, 0.3) is 0 Å². The summed E-state index contributed by atoms with van der Waals surface area (Å²) < 4.78 is 40.1. The zero-order valence-electron chi connectivity index (χ0n) is 14.1. The van der Waals surface area contributed by atoms with E-state index in [1.165, 1.54) is 6.92 Å². The van der Waals surface area contributed by atoms with Crippen molar-refractivity contribution < 1.29 is 18.0 Å². The van der Waals surface area contributed by atoms with E-state index in [0.717, 1.165) is 28.2 Å². The van der Waals surface area contributed by atoms with Crippen LogP contribution in [0.2, 0.25) is 0 Å². The number of benzene rings is 2. The third-order valence-corrected chi connectivity index (χ3v) is 5.13. The highest BCUT2D eigenvalue weighted by Crippen LogP contribution is 2.44. The number of thiophene rings is 1. The fourth-order valence-electron chi connectivity index (χ4n) is 2.93. The molecule has 138 valence electrons. The number of fused-ring (bicyclic) bond motifs is 2. The molecular weight excluding hydrogens is 375 g/mol. The van der Waals surface area contributed by atoms with Crippen molar-refractivity contribution in [1.29, 1.82) is 0 Å². The summed E-state index contributed by atoms with van der Waals surface area (Å²) in [5.74, 6) is 0.546. The van der Waals surface area contributed by atoms with Crippen molar-refractivity contribution in [2.75, 3.05) is 11.2 Å². The van der Waals surface area contributed by atoms with E-state index >= 15 is 0 Å². The number of nitrogens with two attached hydrogens (primary N) is 1. The van der Waals surface area contributed by atoms with E-state index in [1.54, 1.807) is 6.07 Å². The van der Waals surface area contributed by atoms with Crippen LogP contribution in [0.1, 0.15) is 11.3 Å². The molecule has 0 aliphatic heterocycles. The largest absolute Gasteiger partial charge is 0.417 e. The average molecular weight is 389 g/mol. The molecule has 3 N–H and O–H groups in total. The summed E-state index contributed by atoms with van der Waals surface area (Å²) in [6.07, 6.45) is -4.52. The lowest BCUT2D eigenvalue weighted by atomic mass is 10.1. The normalized spacial score (nSPS) is 11.9. The molecule has 4 nitrogen and oxygen atoms in total. The van der Waals surface area contributed by atoms with Gasteiger partial charge < -0.3 is 10.6 Å². The van der Waals surface area contributed by atoms with Gasteiger partial charge in [0.2, 0.25) is 0 Å². The number of hydrogen-bond acceptors (Lipinski definition) is 5. The van der Waals surface area contributed by atoms with Gasteiger partial charge in [0, 0.05) is 16.5 Å². The van der Waals surface area contributed by atoms with E-state index in [9.17, 15) is 13.2 Å². The van der Waals surface area contributed by atoms with Gasteiger partial charge in [-0.1, -0.05) is 47.7 Å². The zero-order chi connectivity index (χ0) is 19.2. The fourth-order valence-corrected chi connectivity index (χ4v) is 3.93. The van der Waals surface area contributed by atoms with Crippen LogP contribution in [0.25, 0.3) is 21.0 Å². The Balaban J connectivity index is 1.74. The van der Waals surface area contributed by atoms with Crippen LogP contribution in [0.5, 0.6) is 5.75 Å². The summed E-state index contributed by atoms with van der Waals surface area (Å²) in [5.41, 5.74) is 8.14. The summed E-state index contributed by atoms with van der Waals surface area (Å²) in [5, 5.41) is 2.03. The molecule has 0 unspecified atom stereocenters. The smallest absolute Gasteiger partial charge is 0.396 e. The Hall–Kier alpha value is -3.00. The molecule has 0 aliphatic rings. The molecule has 0 atom stereocenters. The minimum Gasteiger partial charge on any atom is -0.396 e. The second-order valence-corrected chi connectivity index (χ2v) is 7.01. The SMILES string of the molecule is Cc1cc(C(F)(F)F)c2c(N)c(NOc3cccc4ccccc34)sc2n1. The van der Waals surface area contributed by atoms with Gasteiger partial charge in [-0.15, -0.1) is 0 Å². The fraction of sp³-hybridized carbons (Fsp3) is 0.105. The number of nitrogen functional groups attached to an aromatic ring is 1. The van der Waals surface area contributed by atoms with Gasteiger partial charge in [-0.05, 0) is 24.4 Å². The maximum absolute atomic E-state index is 13.4. The summed E-state index contributed by atoms with van der Waals surface area (Å²) >= 11 is 1.02. The predicted molar refractivity (Wildman–Crippen MR) is 102 cm³/mol. The van der Waals surface area contributed by atoms with Crippen LogP contribution in [0.3, 0.4) is 0 Å². The zero-order valence-corrected chi connectivity index (χ0v) is 14.9. The van der Waals surface area contributed by atoms with Crippen LogP contribution < -0.4 is 16.1 Å². The van der Waals surface area contributed by atoms with Gasteiger partial charge >= 0.3 is 6.18 Å². The molecule has 0 bridgehead atoms. The first-order chi connectivity index (χ1) is 12.8. The Morgan fingerprint density at radius 1 is 1.11 bits per heavy atom. The number of anilines is 2. The maximum atomic E-state index is 13.4. The van der Waals surface area contributed by atoms with Gasteiger partial charge in [0.15, 0.2) is 5.75 Å². The predicted octanol–water partition coefficient (Wildman–Crippen LogP) is 5.76. The molecule has 0 saturated carbocycles. The first-order valence-corrected chi connectivity index (χ1v) is 8.83. The number of pyridine rings is 1. The van der Waals surface area contributed by atoms with Crippen molar-refractivity contribution in [2.24, 2.45) is 0 Å². The monoisotopic (exact) mass is 389 g/mol. The maximum Gasteiger partial charge on any atom is 0.417 e. The van der Waals surface area contributed by atoms with Gasteiger partial charge in [-0.2, -0.15) is 13.2 Å². The standard InChI is InChI=1S/C19H14F3N3OS/c1-10-9-13(19(20,21)22)15-16(23)18(27-17(15)24-10)25-26-14-8-4-6-11-5-2-3-7-12(11)14/h2-9,25H,23H2,1H3. The van der Waals surface area contributed by atoms with Gasteiger partial charge in [-0.25, -0.2) is 10.5 Å². The number of alkyl halides is 3. The van der Waals surface area contributed by atoms with Crippen molar-refractivity contribution in [1.82, 2.24) is 4.98 Å². The quantitative estimate of drug-likeness (QED) is 0.437. The van der Waals surface area contributed by atoms with Gasteiger partial charge in [0.1, 0.15) is 9.83 Å². The summed E-state index contributed by atoms with van der Waals surface area (Å²) in [6, 6.07) is 14.2. The molecule has 0 amide bonds. The van der Waals surface area contributed by atoms with Crippen molar-refractivity contribution >= 4 is 43.0 Å². The molecule has 0 aliphatic carbocycles. The third kappa shape index (κ3) is 3.12. The molecule has 0 spiro atoms. The van der Waals surface area contributed by atoms with Gasteiger partial charge in [-0.3, -0.25) is 0 Å². The van der Waals surface area contributed by atoms with Crippen molar-refractivity contribution in [3.05, 3.63) is 59.8 Å². The summed E-state index contributed by atoms with van der Waals surface area (Å²) in [4.78, 5) is 10.0. The Labute approximate surface area is 156 Å². The minimum atomic E-state index is -4.52. The molecule has 4 aromatic rings. The van der Waals surface area contributed by atoms with Crippen LogP contribution in [0.15, 0.2) is 48.5 Å². The van der Waals surface area contributed by atoms with E-state index in [2.05, 4.69) is 10.5 Å². The van der Waals surface area contributed by atoms with Crippen LogP contribution >= 0.6 is 11.3 Å². The average Bonchev–Trinajstić information content (AvgIpc) is 2.94. The van der Waals surface area contributed by atoms with E-state index in [4.69, 9.17) is 10.6 Å². The third-order valence-electron chi connectivity index (χ3n) is 4.14. The first kappa shape index (κ1) is 17.4. The van der Waals surface area contributed by atoms with E-state index in [-0.39, 0.29) is 26.6 Å².